The Morgan fingerprint density at radius 3 is 2.70 bits per heavy atom. The number of hydrogen-bond donors (Lipinski definition) is 1. The van der Waals surface area contributed by atoms with Crippen molar-refractivity contribution >= 4 is 11.9 Å². The second-order valence-corrected chi connectivity index (χ2v) is 7.17. The molecule has 0 radical (unpaired) electrons. The SMILES string of the molecule is CN(C)C(=O)CNC(=NCc1ccccc1)N1CCOC(C2CCCO2)C1. The quantitative estimate of drug-likeness (QED) is 0.618. The van der Waals surface area contributed by atoms with Crippen LogP contribution in [0, 0.1) is 0 Å². The molecule has 0 bridgehead atoms. The first kappa shape index (κ1) is 19.6. The van der Waals surface area contributed by atoms with Gasteiger partial charge >= 0.3 is 0 Å². The van der Waals surface area contributed by atoms with Crippen LogP contribution >= 0.6 is 0 Å². The molecule has 27 heavy (non-hydrogen) atoms. The van der Waals surface area contributed by atoms with E-state index in [1.165, 1.54) is 0 Å². The van der Waals surface area contributed by atoms with Crippen LogP contribution in [0.4, 0.5) is 0 Å². The molecule has 2 fully saturated rings. The van der Waals surface area contributed by atoms with E-state index in [0.29, 0.717) is 13.2 Å². The predicted molar refractivity (Wildman–Crippen MR) is 105 cm³/mol. The van der Waals surface area contributed by atoms with Crippen LogP contribution in [0.3, 0.4) is 0 Å². The first-order chi connectivity index (χ1) is 13.1. The van der Waals surface area contributed by atoms with Gasteiger partial charge < -0.3 is 24.6 Å². The summed E-state index contributed by atoms with van der Waals surface area (Å²) in [4.78, 5) is 20.6. The number of morpholine rings is 1. The fourth-order valence-electron chi connectivity index (χ4n) is 3.32. The lowest BCUT2D eigenvalue weighted by Gasteiger charge is -2.37. The zero-order chi connectivity index (χ0) is 19.1. The zero-order valence-electron chi connectivity index (χ0n) is 16.3. The van der Waals surface area contributed by atoms with Gasteiger partial charge in [0.1, 0.15) is 6.10 Å². The average molecular weight is 374 g/mol. The van der Waals surface area contributed by atoms with Gasteiger partial charge in [-0.3, -0.25) is 4.79 Å². The van der Waals surface area contributed by atoms with Gasteiger partial charge in [0.05, 0.1) is 25.8 Å². The molecule has 1 amide bonds. The topological polar surface area (TPSA) is 66.4 Å². The second-order valence-electron chi connectivity index (χ2n) is 7.17. The number of carbonyl (C=O) groups is 1. The molecule has 148 valence electrons. The van der Waals surface area contributed by atoms with Crippen LogP contribution < -0.4 is 5.32 Å². The number of aliphatic imine (C=N–C) groups is 1. The number of nitrogens with zero attached hydrogens (tertiary/aromatic N) is 3. The van der Waals surface area contributed by atoms with Crippen LogP contribution in [-0.4, -0.2) is 80.8 Å². The van der Waals surface area contributed by atoms with Gasteiger partial charge in [-0.25, -0.2) is 4.99 Å². The van der Waals surface area contributed by atoms with Crippen LogP contribution in [0.1, 0.15) is 18.4 Å². The third-order valence-electron chi connectivity index (χ3n) is 4.92. The van der Waals surface area contributed by atoms with Gasteiger partial charge in [0.2, 0.25) is 5.91 Å². The number of benzene rings is 1. The lowest BCUT2D eigenvalue weighted by molar-refractivity contribution is -0.127. The molecule has 0 saturated carbocycles. The molecule has 7 nitrogen and oxygen atoms in total. The zero-order valence-corrected chi connectivity index (χ0v) is 16.3. The fraction of sp³-hybridized carbons (Fsp3) is 0.600. The molecule has 0 aromatic heterocycles. The molecule has 1 aromatic carbocycles. The number of nitrogens with one attached hydrogen (secondary N) is 1. The summed E-state index contributed by atoms with van der Waals surface area (Å²) in [5.74, 6) is 0.770. The molecule has 2 heterocycles. The molecule has 7 heteroatoms. The Labute approximate surface area is 161 Å². The van der Waals surface area contributed by atoms with Crippen molar-refractivity contribution in [2.24, 2.45) is 4.99 Å². The molecule has 1 N–H and O–H groups in total. The maximum Gasteiger partial charge on any atom is 0.241 e. The van der Waals surface area contributed by atoms with E-state index in [1.807, 2.05) is 18.2 Å². The largest absolute Gasteiger partial charge is 0.375 e. The second kappa shape index (κ2) is 9.71. The molecule has 2 saturated heterocycles. The number of likely N-dealkylation sites (N-methyl/N-ethyl adjacent to an activating group) is 1. The number of guanidine groups is 1. The van der Waals surface area contributed by atoms with Crippen LogP contribution in [-0.2, 0) is 20.8 Å². The standard InChI is InChI=1S/C20H30N4O3/c1-23(2)19(25)14-22-20(21-13-16-7-4-3-5-8-16)24-10-12-27-18(15-24)17-9-6-11-26-17/h3-5,7-8,17-18H,6,9-15H2,1-2H3,(H,21,22). The van der Waals surface area contributed by atoms with Crippen molar-refractivity contribution in [2.75, 3.05) is 46.9 Å². The highest BCUT2D eigenvalue weighted by molar-refractivity contribution is 5.86. The van der Waals surface area contributed by atoms with E-state index in [9.17, 15) is 4.79 Å². The van der Waals surface area contributed by atoms with Crippen LogP contribution in [0.2, 0.25) is 0 Å². The third kappa shape index (κ3) is 5.68. The summed E-state index contributed by atoms with van der Waals surface area (Å²) in [5.41, 5.74) is 1.14. The Morgan fingerprint density at radius 2 is 2.00 bits per heavy atom. The number of ether oxygens (including phenoxy) is 2. The molecule has 2 unspecified atom stereocenters. The molecule has 0 spiro atoms. The van der Waals surface area contributed by atoms with E-state index in [0.717, 1.165) is 44.1 Å². The highest BCUT2D eigenvalue weighted by Crippen LogP contribution is 2.21. The van der Waals surface area contributed by atoms with Crippen molar-refractivity contribution in [3.8, 4) is 0 Å². The average Bonchev–Trinajstić information content (AvgIpc) is 3.23. The van der Waals surface area contributed by atoms with Crippen molar-refractivity contribution in [3.63, 3.8) is 0 Å². The van der Waals surface area contributed by atoms with Gasteiger partial charge in [-0.1, -0.05) is 30.3 Å². The van der Waals surface area contributed by atoms with E-state index < -0.39 is 0 Å². The monoisotopic (exact) mass is 374 g/mol. The molecule has 1 aromatic rings. The summed E-state index contributed by atoms with van der Waals surface area (Å²) in [7, 11) is 3.51. The van der Waals surface area contributed by atoms with E-state index in [1.54, 1.807) is 19.0 Å². The van der Waals surface area contributed by atoms with E-state index in [-0.39, 0.29) is 24.7 Å². The van der Waals surface area contributed by atoms with E-state index >= 15 is 0 Å². The van der Waals surface area contributed by atoms with Crippen molar-refractivity contribution < 1.29 is 14.3 Å². The van der Waals surface area contributed by atoms with Gasteiger partial charge in [-0.15, -0.1) is 0 Å². The Bertz CT molecular complexity index is 629. The molecule has 2 aliphatic rings. The minimum absolute atomic E-state index is 0.0198. The molecule has 3 rings (SSSR count). The minimum Gasteiger partial charge on any atom is -0.375 e. The summed E-state index contributed by atoms with van der Waals surface area (Å²) in [6, 6.07) is 10.1. The van der Waals surface area contributed by atoms with Crippen molar-refractivity contribution in [1.29, 1.82) is 0 Å². The molecular weight excluding hydrogens is 344 g/mol. The highest BCUT2D eigenvalue weighted by atomic mass is 16.5. The van der Waals surface area contributed by atoms with Crippen molar-refractivity contribution in [3.05, 3.63) is 35.9 Å². The Balaban J connectivity index is 1.68. The first-order valence-corrected chi connectivity index (χ1v) is 9.64. The highest BCUT2D eigenvalue weighted by Gasteiger charge is 2.32. The lowest BCUT2D eigenvalue weighted by atomic mass is 10.1. The Hall–Kier alpha value is -2.12. The minimum atomic E-state index is 0.0198. The van der Waals surface area contributed by atoms with Gasteiger partial charge in [0, 0.05) is 33.8 Å². The Kier molecular flexibility index (Phi) is 7.06. The number of rotatable bonds is 5. The number of carbonyl (C=O) groups excluding carboxylic acids is 1. The van der Waals surface area contributed by atoms with E-state index in [4.69, 9.17) is 14.5 Å². The smallest absolute Gasteiger partial charge is 0.241 e. The first-order valence-electron chi connectivity index (χ1n) is 9.64. The summed E-state index contributed by atoms with van der Waals surface area (Å²) in [6.07, 6.45) is 2.34. The summed E-state index contributed by atoms with van der Waals surface area (Å²) < 4.78 is 11.8. The molecule has 2 atom stereocenters. The molecule has 0 aliphatic carbocycles. The number of amides is 1. The summed E-state index contributed by atoms with van der Waals surface area (Å²) in [5, 5.41) is 3.24. The maximum absolute atomic E-state index is 12.0. The van der Waals surface area contributed by atoms with E-state index in [2.05, 4.69) is 22.3 Å². The van der Waals surface area contributed by atoms with Crippen LogP contribution in [0.5, 0.6) is 0 Å². The van der Waals surface area contributed by atoms with Gasteiger partial charge in [-0.05, 0) is 18.4 Å². The molecule has 2 aliphatic heterocycles. The number of hydrogen-bond acceptors (Lipinski definition) is 4. The van der Waals surface area contributed by atoms with Gasteiger partial charge in [0.15, 0.2) is 5.96 Å². The summed E-state index contributed by atoms with van der Waals surface area (Å²) in [6.45, 7) is 3.72. The van der Waals surface area contributed by atoms with Crippen LogP contribution in [0.15, 0.2) is 35.3 Å². The summed E-state index contributed by atoms with van der Waals surface area (Å²) >= 11 is 0. The predicted octanol–water partition coefficient (Wildman–Crippen LogP) is 1.10. The molecular formula is C20H30N4O3. The normalized spacial score (nSPS) is 23.3. The third-order valence-corrected chi connectivity index (χ3v) is 4.92. The van der Waals surface area contributed by atoms with Crippen molar-refractivity contribution in [2.45, 2.75) is 31.6 Å². The Morgan fingerprint density at radius 1 is 1.22 bits per heavy atom. The van der Waals surface area contributed by atoms with Gasteiger partial charge in [-0.2, -0.15) is 0 Å². The maximum atomic E-state index is 12.0. The fourth-order valence-corrected chi connectivity index (χ4v) is 3.32. The lowest BCUT2D eigenvalue weighted by Crippen LogP contribution is -2.54. The van der Waals surface area contributed by atoms with Crippen LogP contribution in [0.25, 0.3) is 0 Å². The van der Waals surface area contributed by atoms with Crippen molar-refractivity contribution in [1.82, 2.24) is 15.1 Å². The van der Waals surface area contributed by atoms with Gasteiger partial charge in [0.25, 0.3) is 0 Å².